The van der Waals surface area contributed by atoms with E-state index in [1.807, 2.05) is 12.1 Å². The Morgan fingerprint density at radius 2 is 2.00 bits per heavy atom. The maximum Gasteiger partial charge on any atom is 0.295 e. The van der Waals surface area contributed by atoms with Crippen LogP contribution in [0.5, 0.6) is 5.75 Å². The van der Waals surface area contributed by atoms with Gasteiger partial charge in [0.05, 0.1) is 22.9 Å². The van der Waals surface area contributed by atoms with E-state index in [0.29, 0.717) is 42.3 Å². The number of carbonyl (C=O) groups excluding carboxylic acids is 2. The lowest BCUT2D eigenvalue weighted by atomic mass is 9.77. The predicted molar refractivity (Wildman–Crippen MR) is 123 cm³/mol. The van der Waals surface area contributed by atoms with Gasteiger partial charge >= 0.3 is 0 Å². The zero-order chi connectivity index (χ0) is 23.3. The number of halogens is 2. The average molecular weight is 489 g/mol. The number of anilines is 1. The first-order valence-electron chi connectivity index (χ1n) is 10.7. The molecule has 7 nitrogen and oxygen atoms in total. The Balaban J connectivity index is 1.59. The van der Waals surface area contributed by atoms with E-state index in [4.69, 9.17) is 37.2 Å². The van der Waals surface area contributed by atoms with Gasteiger partial charge in [-0.1, -0.05) is 29.9 Å². The van der Waals surface area contributed by atoms with E-state index >= 15 is 0 Å². The molecule has 1 aliphatic carbocycles. The van der Waals surface area contributed by atoms with E-state index < -0.39 is 29.3 Å². The van der Waals surface area contributed by atoms with Crippen molar-refractivity contribution in [1.29, 1.82) is 0 Å². The van der Waals surface area contributed by atoms with Crippen LogP contribution in [0.1, 0.15) is 30.2 Å². The van der Waals surface area contributed by atoms with Gasteiger partial charge in [-0.25, -0.2) is 0 Å². The highest BCUT2D eigenvalue weighted by atomic mass is 35.5. The van der Waals surface area contributed by atoms with Crippen molar-refractivity contribution in [2.24, 2.45) is 5.92 Å². The van der Waals surface area contributed by atoms with Crippen LogP contribution < -0.4 is 9.64 Å². The lowest BCUT2D eigenvalue weighted by molar-refractivity contribution is -0.131. The molecule has 0 radical (unpaired) electrons. The summed E-state index contributed by atoms with van der Waals surface area (Å²) < 4.78 is 16.9. The van der Waals surface area contributed by atoms with Gasteiger partial charge < -0.3 is 14.0 Å². The van der Waals surface area contributed by atoms with Crippen LogP contribution in [-0.2, 0) is 14.3 Å². The summed E-state index contributed by atoms with van der Waals surface area (Å²) >= 11 is 12.9. The van der Waals surface area contributed by atoms with Gasteiger partial charge in [0.25, 0.3) is 5.91 Å². The van der Waals surface area contributed by atoms with Crippen molar-refractivity contribution >= 4 is 40.7 Å². The van der Waals surface area contributed by atoms with Gasteiger partial charge in [-0.2, -0.15) is 0 Å². The Hall–Kier alpha value is -2.77. The number of nitrogens with zero attached hydrogens (tertiary/aromatic N) is 2. The van der Waals surface area contributed by atoms with Gasteiger partial charge in [-0.3, -0.25) is 14.5 Å². The minimum absolute atomic E-state index is 0.0255. The zero-order valence-corrected chi connectivity index (χ0v) is 19.4. The standard InChI is InChI=1S/C24H22Cl2N2O5/c1-3-8-31-15-6-4-13(5-7-15)20-19-21(29)16-10-14(25)11-17(26)22(16)32-23(19)24(30)28(20)18-9-12(2)33-27-18/h3-7,9,14,16-17,20,22H,1,8,10-11H2,2H3. The largest absolute Gasteiger partial charge is 0.490 e. The summed E-state index contributed by atoms with van der Waals surface area (Å²) in [5.74, 6) is 0.408. The molecule has 2 aliphatic heterocycles. The lowest BCUT2D eigenvalue weighted by Crippen LogP contribution is -2.47. The number of rotatable bonds is 5. The van der Waals surface area contributed by atoms with Gasteiger partial charge in [-0.15, -0.1) is 23.2 Å². The van der Waals surface area contributed by atoms with Crippen LogP contribution in [0.3, 0.4) is 0 Å². The van der Waals surface area contributed by atoms with Gasteiger partial charge in [0.15, 0.2) is 17.4 Å². The summed E-state index contributed by atoms with van der Waals surface area (Å²) in [7, 11) is 0. The number of alkyl halides is 2. The smallest absolute Gasteiger partial charge is 0.295 e. The van der Waals surface area contributed by atoms with Crippen molar-refractivity contribution in [3.05, 3.63) is 65.6 Å². The van der Waals surface area contributed by atoms with Gasteiger partial charge in [0, 0.05) is 11.4 Å². The molecule has 1 fully saturated rings. The Labute approximate surface area is 200 Å². The molecule has 1 aromatic carbocycles. The van der Waals surface area contributed by atoms with Crippen molar-refractivity contribution < 1.29 is 23.6 Å². The molecule has 1 saturated carbocycles. The van der Waals surface area contributed by atoms with Crippen LogP contribution in [0.4, 0.5) is 5.82 Å². The second-order valence-electron chi connectivity index (χ2n) is 8.42. The molecule has 5 unspecified atom stereocenters. The molecular weight excluding hydrogens is 467 g/mol. The molecule has 1 amide bonds. The third-order valence-electron chi connectivity index (χ3n) is 6.22. The number of hydrogen-bond acceptors (Lipinski definition) is 6. The first-order chi connectivity index (χ1) is 15.9. The number of ketones is 1. The van der Waals surface area contributed by atoms with Crippen LogP contribution in [0.2, 0.25) is 0 Å². The SMILES string of the molecule is C=CCOc1ccc(C2C3=C(OC4C(Cl)CC(Cl)CC4C3=O)C(=O)N2c2cc(C)on2)cc1. The number of carbonyl (C=O) groups is 2. The maximum absolute atomic E-state index is 13.7. The third-order valence-corrected chi connectivity index (χ3v) is 7.00. The second-order valence-corrected chi connectivity index (χ2v) is 9.60. The topological polar surface area (TPSA) is 81.9 Å². The molecule has 5 rings (SSSR count). The number of fused-ring (bicyclic) bond motifs is 1. The predicted octanol–water partition coefficient (Wildman–Crippen LogP) is 4.48. The molecule has 0 bridgehead atoms. The van der Waals surface area contributed by atoms with E-state index in [1.54, 1.807) is 31.2 Å². The molecule has 5 atom stereocenters. The summed E-state index contributed by atoms with van der Waals surface area (Å²) in [5, 5.41) is 3.35. The fourth-order valence-corrected chi connectivity index (χ4v) is 5.68. The fraction of sp³-hybridized carbons (Fsp3) is 0.375. The average Bonchev–Trinajstić information content (AvgIpc) is 3.34. The number of amides is 1. The van der Waals surface area contributed by atoms with Gasteiger partial charge in [0.2, 0.25) is 0 Å². The van der Waals surface area contributed by atoms with Crippen LogP contribution >= 0.6 is 23.2 Å². The van der Waals surface area contributed by atoms with Gasteiger partial charge in [0.1, 0.15) is 24.2 Å². The van der Waals surface area contributed by atoms with Crippen LogP contribution in [0.25, 0.3) is 0 Å². The van der Waals surface area contributed by atoms with E-state index in [-0.39, 0.29) is 16.9 Å². The van der Waals surface area contributed by atoms with E-state index in [1.165, 1.54) is 4.90 Å². The van der Waals surface area contributed by atoms with Crippen molar-refractivity contribution in [1.82, 2.24) is 5.16 Å². The Morgan fingerprint density at radius 1 is 1.24 bits per heavy atom. The molecule has 3 aliphatic rings. The molecule has 0 saturated heterocycles. The highest BCUT2D eigenvalue weighted by Crippen LogP contribution is 2.49. The van der Waals surface area contributed by atoms with Crippen molar-refractivity contribution in [2.75, 3.05) is 11.5 Å². The number of benzene rings is 1. The van der Waals surface area contributed by atoms with E-state index in [9.17, 15) is 9.59 Å². The number of hydrogen-bond donors (Lipinski definition) is 0. The molecule has 172 valence electrons. The fourth-order valence-electron chi connectivity index (χ4n) is 4.76. The maximum atomic E-state index is 13.7. The Kier molecular flexibility index (Phi) is 5.70. The Morgan fingerprint density at radius 3 is 2.67 bits per heavy atom. The molecule has 0 N–H and O–H groups in total. The summed E-state index contributed by atoms with van der Waals surface area (Å²) in [6, 6.07) is 8.15. The minimum Gasteiger partial charge on any atom is -0.490 e. The van der Waals surface area contributed by atoms with Crippen LogP contribution in [0, 0.1) is 12.8 Å². The van der Waals surface area contributed by atoms with Crippen LogP contribution in [-0.4, -0.2) is 40.3 Å². The molecule has 33 heavy (non-hydrogen) atoms. The van der Waals surface area contributed by atoms with E-state index in [2.05, 4.69) is 11.7 Å². The molecule has 3 heterocycles. The minimum atomic E-state index is -0.719. The number of aryl methyl sites for hydroxylation is 1. The summed E-state index contributed by atoms with van der Waals surface area (Å²) in [5.41, 5.74) is 1.02. The second kappa shape index (κ2) is 8.54. The zero-order valence-electron chi connectivity index (χ0n) is 17.9. The quantitative estimate of drug-likeness (QED) is 0.455. The summed E-state index contributed by atoms with van der Waals surface area (Å²) in [4.78, 5) is 28.7. The molecule has 9 heteroatoms. The van der Waals surface area contributed by atoms with E-state index in [0.717, 1.165) is 5.56 Å². The normalized spacial score (nSPS) is 28.9. The number of ether oxygens (including phenoxy) is 2. The highest BCUT2D eigenvalue weighted by Gasteiger charge is 2.55. The van der Waals surface area contributed by atoms with Crippen molar-refractivity contribution in [2.45, 2.75) is 42.7 Å². The lowest BCUT2D eigenvalue weighted by Gasteiger charge is -2.39. The molecule has 0 spiro atoms. The third kappa shape index (κ3) is 3.73. The molecule has 2 aromatic rings. The van der Waals surface area contributed by atoms with Crippen LogP contribution in [0.15, 0.2) is 58.8 Å². The van der Waals surface area contributed by atoms with Crippen molar-refractivity contribution in [3.8, 4) is 5.75 Å². The molecule has 1 aromatic heterocycles. The first kappa shape index (κ1) is 22.0. The number of Topliss-reactive ketones (excluding diaryl/α,β-unsaturated/α-hetero) is 1. The Bertz CT molecular complexity index is 1140. The van der Waals surface area contributed by atoms with Gasteiger partial charge in [-0.05, 0) is 37.5 Å². The molecular formula is C24H22Cl2N2O5. The highest BCUT2D eigenvalue weighted by molar-refractivity contribution is 6.25. The summed E-state index contributed by atoms with van der Waals surface area (Å²) in [6.45, 7) is 5.75. The summed E-state index contributed by atoms with van der Waals surface area (Å²) in [6.07, 6.45) is 2.02. The monoisotopic (exact) mass is 488 g/mol. The number of aromatic nitrogens is 1. The first-order valence-corrected chi connectivity index (χ1v) is 11.6. The van der Waals surface area contributed by atoms with Crippen molar-refractivity contribution in [3.63, 3.8) is 0 Å².